The summed E-state index contributed by atoms with van der Waals surface area (Å²) in [6.07, 6.45) is 12.6. The monoisotopic (exact) mass is 944 g/mol. The van der Waals surface area contributed by atoms with Gasteiger partial charge in [-0.3, -0.25) is 19.2 Å². The van der Waals surface area contributed by atoms with Gasteiger partial charge in [-0.15, -0.1) is 0 Å². The maximum Gasteiger partial charge on any atom is 0.329 e. The third kappa shape index (κ3) is 15.3. The largest absolute Gasteiger partial charge is 0.460 e. The molecule has 0 spiro atoms. The van der Waals surface area contributed by atoms with Gasteiger partial charge in [0.15, 0.2) is 5.78 Å². The number of aliphatic hydroxyl groups excluding tert-OH is 2. The smallest absolute Gasteiger partial charge is 0.329 e. The molecule has 378 valence electrons. The number of aliphatic hydroxyl groups is 3. The van der Waals surface area contributed by atoms with E-state index in [2.05, 4.69) is 0 Å². The molecule has 0 radical (unpaired) electrons. The third-order valence-corrected chi connectivity index (χ3v) is 14.6. The van der Waals surface area contributed by atoms with E-state index in [0.717, 1.165) is 12.0 Å². The van der Waals surface area contributed by atoms with Crippen molar-refractivity contribution in [1.29, 1.82) is 0 Å². The van der Waals surface area contributed by atoms with Crippen molar-refractivity contribution >= 4 is 29.2 Å². The molecule has 1 aliphatic carbocycles. The number of piperidine rings is 1. The zero-order valence-corrected chi connectivity index (χ0v) is 41.6. The molecule has 3 aliphatic heterocycles. The van der Waals surface area contributed by atoms with Gasteiger partial charge in [-0.1, -0.05) is 64.2 Å². The summed E-state index contributed by atoms with van der Waals surface area (Å²) in [6, 6.07) is -1.14. The van der Waals surface area contributed by atoms with E-state index in [-0.39, 0.29) is 68.2 Å². The summed E-state index contributed by atoms with van der Waals surface area (Å²) in [7, 11) is 4.58. The van der Waals surface area contributed by atoms with Crippen molar-refractivity contribution in [3.05, 3.63) is 47.6 Å². The first-order chi connectivity index (χ1) is 31.9. The van der Waals surface area contributed by atoms with Gasteiger partial charge in [0, 0.05) is 58.5 Å². The lowest BCUT2D eigenvalue weighted by Crippen LogP contribution is -2.61. The van der Waals surface area contributed by atoms with Crippen LogP contribution in [0.2, 0.25) is 0 Å². The van der Waals surface area contributed by atoms with Crippen LogP contribution in [0.5, 0.6) is 0 Å². The summed E-state index contributed by atoms with van der Waals surface area (Å²) in [5, 5.41) is 32.7. The minimum atomic E-state index is -2.43. The molecular formula is C52H81NO14. The van der Waals surface area contributed by atoms with Crippen LogP contribution in [0.1, 0.15) is 125 Å². The molecule has 3 heterocycles. The summed E-state index contributed by atoms with van der Waals surface area (Å²) >= 11 is 0. The molecule has 0 aromatic rings. The average molecular weight is 944 g/mol. The van der Waals surface area contributed by atoms with Gasteiger partial charge in [0.05, 0.1) is 37.6 Å². The first kappa shape index (κ1) is 56.2. The number of hydrogen-bond donors (Lipinski definition) is 3. The fraction of sp³-hybridized carbons (Fsp3) is 0.750. The fourth-order valence-electron chi connectivity index (χ4n) is 10.2. The highest BCUT2D eigenvalue weighted by molar-refractivity contribution is 6.39. The Kier molecular flexibility index (Phi) is 22.7. The Bertz CT molecular complexity index is 1770. The van der Waals surface area contributed by atoms with Crippen LogP contribution in [0, 0.1) is 29.6 Å². The van der Waals surface area contributed by atoms with Crippen molar-refractivity contribution in [2.45, 2.75) is 180 Å². The van der Waals surface area contributed by atoms with Crippen LogP contribution in [0.15, 0.2) is 47.6 Å². The Morgan fingerprint density at radius 2 is 1.61 bits per heavy atom. The van der Waals surface area contributed by atoms with Crippen molar-refractivity contribution in [3.8, 4) is 0 Å². The van der Waals surface area contributed by atoms with Gasteiger partial charge in [0.25, 0.3) is 11.7 Å². The van der Waals surface area contributed by atoms with Gasteiger partial charge in [-0.2, -0.15) is 0 Å². The lowest BCUT2D eigenvalue weighted by molar-refractivity contribution is -0.265. The van der Waals surface area contributed by atoms with E-state index in [4.69, 9.17) is 28.4 Å². The van der Waals surface area contributed by atoms with Crippen molar-refractivity contribution in [1.82, 2.24) is 4.90 Å². The van der Waals surface area contributed by atoms with Gasteiger partial charge in [0.1, 0.15) is 30.1 Å². The van der Waals surface area contributed by atoms with E-state index in [1.807, 2.05) is 44.2 Å². The van der Waals surface area contributed by atoms with Crippen molar-refractivity contribution in [2.75, 3.05) is 41.1 Å². The van der Waals surface area contributed by atoms with E-state index >= 15 is 0 Å². The molecule has 1 amide bonds. The second kappa shape index (κ2) is 27.1. The van der Waals surface area contributed by atoms with Gasteiger partial charge >= 0.3 is 5.97 Å². The predicted octanol–water partition coefficient (Wildman–Crippen LogP) is 5.95. The minimum absolute atomic E-state index is 0.0863. The number of rotatable bonds is 9. The van der Waals surface area contributed by atoms with Crippen LogP contribution >= 0.6 is 0 Å². The molecule has 67 heavy (non-hydrogen) atoms. The van der Waals surface area contributed by atoms with Gasteiger partial charge < -0.3 is 48.6 Å². The number of fused-ring (bicyclic) bond motifs is 3. The average Bonchev–Trinajstić information content (AvgIpc) is 3.32. The van der Waals surface area contributed by atoms with Gasteiger partial charge in [-0.05, 0) is 107 Å². The second-order valence-electron chi connectivity index (χ2n) is 19.6. The number of methoxy groups -OCH3 is 3. The molecule has 0 aromatic heterocycles. The van der Waals surface area contributed by atoms with Crippen LogP contribution < -0.4 is 0 Å². The number of esters is 1. The molecule has 4 aliphatic rings. The molecule has 14 atom stereocenters. The molecule has 3 N–H and O–H groups in total. The molecule has 2 saturated heterocycles. The molecule has 15 heteroatoms. The number of hydrogen-bond acceptors (Lipinski definition) is 14. The highest BCUT2D eigenvalue weighted by atomic mass is 16.6. The van der Waals surface area contributed by atoms with E-state index in [1.165, 1.54) is 12.0 Å². The van der Waals surface area contributed by atoms with Crippen LogP contribution in [0.25, 0.3) is 0 Å². The maximum absolute atomic E-state index is 14.4. The summed E-state index contributed by atoms with van der Waals surface area (Å²) < 4.78 is 35.5. The molecule has 3 fully saturated rings. The number of carbonyl (C=O) groups is 5. The number of allylic oxidation sites excluding steroid dienone is 6. The molecule has 4 rings (SSSR count). The lowest BCUT2D eigenvalue weighted by Gasteiger charge is -2.42. The predicted molar refractivity (Wildman–Crippen MR) is 251 cm³/mol. The number of amides is 1. The Morgan fingerprint density at radius 1 is 0.866 bits per heavy atom. The van der Waals surface area contributed by atoms with E-state index in [0.29, 0.717) is 69.8 Å². The summed E-state index contributed by atoms with van der Waals surface area (Å²) in [5.41, 5.74) is 1.27. The first-order valence-corrected chi connectivity index (χ1v) is 24.6. The van der Waals surface area contributed by atoms with Crippen LogP contribution in [0.4, 0.5) is 0 Å². The van der Waals surface area contributed by atoms with E-state index < -0.39 is 77.8 Å². The fourth-order valence-corrected chi connectivity index (χ4v) is 10.2. The Hall–Kier alpha value is -3.41. The van der Waals surface area contributed by atoms with Crippen molar-refractivity contribution < 1.29 is 67.7 Å². The molecule has 2 bridgehead atoms. The normalized spacial score (nSPS) is 38.4. The number of ketones is 3. The standard InChI is InChI=1S/C52H81NO14/c1-32-17-13-11-10-12-14-18-33(2)46(56)48(64-9)47(57)36(5)27-34(3)41(55)31-44(35(4)28-38-21-23-42(65-26-25-54)45(29-38)63-8)66-51(60)40-19-15-16-24-53(40)50(59)49(58)52(61)37(6)20-22-39(67-52)30-43(32)62-7/h10-13,17,27,33-35,37-40,42-45,47-48,54,57,61H,14-16,18-26,28-31H2,1-9H3/b12-10+,13-11+,32-17+,36-27+/t33-,34-,35-,37-,38+,39+,40+,42?,43+,44+,45-,47-,48+,52-/m1/s1. The number of ether oxygens (including phenoxy) is 6. The van der Waals surface area contributed by atoms with E-state index in [9.17, 15) is 39.3 Å². The van der Waals surface area contributed by atoms with Crippen LogP contribution in [-0.2, 0) is 52.4 Å². The third-order valence-electron chi connectivity index (χ3n) is 14.6. The summed E-state index contributed by atoms with van der Waals surface area (Å²) in [6.45, 7) is 10.9. The highest BCUT2D eigenvalue weighted by Crippen LogP contribution is 2.38. The lowest BCUT2D eigenvalue weighted by atomic mass is 9.78. The maximum atomic E-state index is 14.4. The summed E-state index contributed by atoms with van der Waals surface area (Å²) in [4.78, 5) is 71.9. The Labute approximate surface area is 398 Å². The van der Waals surface area contributed by atoms with Gasteiger partial charge in [-0.25, -0.2) is 4.79 Å². The van der Waals surface area contributed by atoms with Crippen molar-refractivity contribution in [3.63, 3.8) is 0 Å². The molecule has 1 saturated carbocycles. The Morgan fingerprint density at radius 3 is 2.30 bits per heavy atom. The van der Waals surface area contributed by atoms with Crippen LogP contribution in [-0.4, -0.2) is 145 Å². The summed E-state index contributed by atoms with van der Waals surface area (Å²) in [5.74, 6) is -7.93. The minimum Gasteiger partial charge on any atom is -0.460 e. The molecule has 1 unspecified atom stereocenters. The number of carbonyl (C=O) groups excluding carboxylic acids is 5. The Balaban J connectivity index is 1.68. The van der Waals surface area contributed by atoms with Crippen LogP contribution in [0.3, 0.4) is 0 Å². The SMILES string of the molecule is CO[C@H]1C[C@@H]2CC[C@@H](C)[C@@](O)(O2)C(=O)C(=O)N2CCCC[C@H]2C(=O)O[C@H]([C@H](C)C[C@@H]2CCC(OCCO)[C@H](OC)C2)CC(=O)[C@H](C)/C=C(\C)[C@@H](O)[C@@H](OC)C(=O)[C@H](C)CC/C=C/C=C/C=C/1C. The molecule has 0 aromatic carbocycles. The number of cyclic esters (lactones) is 1. The zero-order valence-electron chi connectivity index (χ0n) is 41.6. The first-order valence-electron chi connectivity index (χ1n) is 24.6. The zero-order chi connectivity index (χ0) is 49.4. The van der Waals surface area contributed by atoms with E-state index in [1.54, 1.807) is 48.0 Å². The molecule has 15 nitrogen and oxygen atoms in total. The topological polar surface area (TPSA) is 205 Å². The quantitative estimate of drug-likeness (QED) is 0.139. The molecular weight excluding hydrogens is 863 g/mol. The van der Waals surface area contributed by atoms with Gasteiger partial charge in [0.2, 0.25) is 5.79 Å². The van der Waals surface area contributed by atoms with Crippen molar-refractivity contribution in [2.24, 2.45) is 29.6 Å². The highest BCUT2D eigenvalue weighted by Gasteiger charge is 2.53. The number of Topliss-reactive ketones (excluding diaryl/α,β-unsaturated/α-hetero) is 3. The number of nitrogens with zero attached hydrogens (tertiary/aromatic N) is 1. The second-order valence-corrected chi connectivity index (χ2v) is 19.6.